The van der Waals surface area contributed by atoms with Gasteiger partial charge in [0.05, 0.1) is 13.7 Å². The summed E-state index contributed by atoms with van der Waals surface area (Å²) in [6.07, 6.45) is 0.856. The first kappa shape index (κ1) is 16.0. The van der Waals surface area contributed by atoms with E-state index in [0.29, 0.717) is 6.54 Å². The number of carbonyl (C=O) groups excluding carboxylic acids is 1. The van der Waals surface area contributed by atoms with Crippen LogP contribution < -0.4 is 15.4 Å². The number of benzene rings is 2. The Morgan fingerprint density at radius 1 is 1.14 bits per heavy atom. The molecule has 0 saturated carbocycles. The number of aryl methyl sites for hydroxylation is 1. The minimum Gasteiger partial charge on any atom is -0.497 e. The Morgan fingerprint density at radius 3 is 2.73 bits per heavy atom. The van der Waals surface area contributed by atoms with E-state index < -0.39 is 0 Å². The Bertz CT molecular complexity index is 626. The van der Waals surface area contributed by atoms with Crippen LogP contribution in [0.1, 0.15) is 11.1 Å². The van der Waals surface area contributed by atoms with Crippen molar-refractivity contribution in [1.82, 2.24) is 5.32 Å². The van der Waals surface area contributed by atoms with Gasteiger partial charge in [-0.25, -0.2) is 0 Å². The predicted molar refractivity (Wildman–Crippen MR) is 89.4 cm³/mol. The summed E-state index contributed by atoms with van der Waals surface area (Å²) in [7, 11) is 1.66. The molecule has 2 rings (SSSR count). The molecule has 0 aliphatic carbocycles. The average molecular weight is 298 g/mol. The molecule has 0 fully saturated rings. The lowest BCUT2D eigenvalue weighted by Gasteiger charge is -2.09. The van der Waals surface area contributed by atoms with Gasteiger partial charge in [-0.2, -0.15) is 0 Å². The van der Waals surface area contributed by atoms with Crippen LogP contribution in [0.4, 0.5) is 5.69 Å². The molecular weight excluding hydrogens is 276 g/mol. The Balaban J connectivity index is 1.72. The van der Waals surface area contributed by atoms with Crippen molar-refractivity contribution in [2.24, 2.45) is 0 Å². The van der Waals surface area contributed by atoms with Crippen LogP contribution in [0.5, 0.6) is 5.75 Å². The lowest BCUT2D eigenvalue weighted by atomic mass is 10.1. The van der Waals surface area contributed by atoms with Gasteiger partial charge in [0.15, 0.2) is 0 Å². The number of amides is 1. The smallest absolute Gasteiger partial charge is 0.238 e. The Morgan fingerprint density at radius 2 is 1.95 bits per heavy atom. The lowest BCUT2D eigenvalue weighted by Crippen LogP contribution is -2.29. The molecule has 2 aromatic carbocycles. The minimum atomic E-state index is -0.0278. The van der Waals surface area contributed by atoms with Gasteiger partial charge in [0.1, 0.15) is 5.75 Å². The topological polar surface area (TPSA) is 50.4 Å². The maximum Gasteiger partial charge on any atom is 0.238 e. The normalized spacial score (nSPS) is 10.3. The van der Waals surface area contributed by atoms with Crippen LogP contribution in [0.15, 0.2) is 48.5 Å². The van der Waals surface area contributed by atoms with Crippen molar-refractivity contribution in [3.8, 4) is 5.75 Å². The van der Waals surface area contributed by atoms with Crippen molar-refractivity contribution in [3.63, 3.8) is 0 Å². The van der Waals surface area contributed by atoms with E-state index in [4.69, 9.17) is 4.74 Å². The van der Waals surface area contributed by atoms with Gasteiger partial charge < -0.3 is 15.4 Å². The molecule has 0 radical (unpaired) electrons. The highest BCUT2D eigenvalue weighted by molar-refractivity contribution is 5.92. The van der Waals surface area contributed by atoms with Gasteiger partial charge >= 0.3 is 0 Å². The van der Waals surface area contributed by atoms with E-state index in [1.165, 1.54) is 5.56 Å². The van der Waals surface area contributed by atoms with Crippen molar-refractivity contribution >= 4 is 11.6 Å². The number of carbonyl (C=O) groups is 1. The van der Waals surface area contributed by atoms with E-state index in [9.17, 15) is 4.79 Å². The summed E-state index contributed by atoms with van der Waals surface area (Å²) < 4.78 is 5.19. The van der Waals surface area contributed by atoms with Gasteiger partial charge in [-0.05, 0) is 49.2 Å². The van der Waals surface area contributed by atoms with E-state index in [1.807, 2.05) is 49.4 Å². The van der Waals surface area contributed by atoms with Crippen molar-refractivity contribution in [2.75, 3.05) is 25.5 Å². The van der Waals surface area contributed by atoms with Crippen LogP contribution in [0.25, 0.3) is 0 Å². The van der Waals surface area contributed by atoms with Crippen LogP contribution in [0.3, 0.4) is 0 Å². The molecule has 4 nitrogen and oxygen atoms in total. The van der Waals surface area contributed by atoms with Gasteiger partial charge in [0.2, 0.25) is 5.91 Å². The molecule has 0 bridgehead atoms. The Hall–Kier alpha value is -2.33. The summed E-state index contributed by atoms with van der Waals surface area (Å²) in [6, 6.07) is 15.7. The van der Waals surface area contributed by atoms with Crippen molar-refractivity contribution in [1.29, 1.82) is 0 Å². The molecule has 2 aromatic rings. The molecule has 4 heteroatoms. The quantitative estimate of drug-likeness (QED) is 0.773. The SMILES string of the molecule is COc1cccc(CCNCC(=O)Nc2ccccc2C)c1. The summed E-state index contributed by atoms with van der Waals surface area (Å²) in [5, 5.41) is 6.06. The van der Waals surface area contributed by atoms with Crippen LogP contribution in [0, 0.1) is 6.92 Å². The van der Waals surface area contributed by atoms with Crippen molar-refractivity contribution in [2.45, 2.75) is 13.3 Å². The second-order valence-corrected chi connectivity index (χ2v) is 5.14. The fraction of sp³-hybridized carbons (Fsp3) is 0.278. The lowest BCUT2D eigenvalue weighted by molar-refractivity contribution is -0.115. The number of nitrogens with one attached hydrogen (secondary N) is 2. The molecule has 0 unspecified atom stereocenters. The summed E-state index contributed by atoms with van der Waals surface area (Å²) in [6.45, 7) is 3.03. The van der Waals surface area contributed by atoms with E-state index in [0.717, 1.165) is 30.0 Å². The fourth-order valence-corrected chi connectivity index (χ4v) is 2.17. The third-order valence-electron chi connectivity index (χ3n) is 3.43. The summed E-state index contributed by atoms with van der Waals surface area (Å²) >= 11 is 0. The molecule has 0 aliphatic rings. The highest BCUT2D eigenvalue weighted by atomic mass is 16.5. The fourth-order valence-electron chi connectivity index (χ4n) is 2.17. The van der Waals surface area contributed by atoms with E-state index in [-0.39, 0.29) is 5.91 Å². The molecule has 0 spiro atoms. The average Bonchev–Trinajstić information content (AvgIpc) is 2.54. The van der Waals surface area contributed by atoms with Crippen LogP contribution >= 0.6 is 0 Å². The summed E-state index contributed by atoms with van der Waals surface area (Å²) in [4.78, 5) is 11.9. The maximum absolute atomic E-state index is 11.9. The number of hydrogen-bond acceptors (Lipinski definition) is 3. The molecule has 1 amide bonds. The summed E-state index contributed by atoms with van der Waals surface area (Å²) in [5.41, 5.74) is 3.11. The van der Waals surface area contributed by atoms with Crippen molar-refractivity contribution in [3.05, 3.63) is 59.7 Å². The van der Waals surface area contributed by atoms with Gasteiger partial charge in [0, 0.05) is 5.69 Å². The molecule has 0 aromatic heterocycles. The number of para-hydroxylation sites is 1. The second-order valence-electron chi connectivity index (χ2n) is 5.14. The number of ether oxygens (including phenoxy) is 1. The molecule has 116 valence electrons. The molecule has 0 saturated heterocycles. The number of anilines is 1. The van der Waals surface area contributed by atoms with Gasteiger partial charge in [-0.15, -0.1) is 0 Å². The van der Waals surface area contributed by atoms with E-state index in [2.05, 4.69) is 16.7 Å². The highest BCUT2D eigenvalue weighted by Crippen LogP contribution is 2.13. The third kappa shape index (κ3) is 4.90. The number of rotatable bonds is 7. The molecular formula is C18H22N2O2. The maximum atomic E-state index is 11.9. The first-order chi connectivity index (χ1) is 10.7. The van der Waals surface area contributed by atoms with E-state index >= 15 is 0 Å². The number of hydrogen-bond donors (Lipinski definition) is 2. The monoisotopic (exact) mass is 298 g/mol. The zero-order chi connectivity index (χ0) is 15.8. The van der Waals surface area contributed by atoms with Crippen LogP contribution in [-0.4, -0.2) is 26.1 Å². The first-order valence-electron chi connectivity index (χ1n) is 7.38. The highest BCUT2D eigenvalue weighted by Gasteiger charge is 2.03. The predicted octanol–water partition coefficient (Wildman–Crippen LogP) is 2.77. The first-order valence-corrected chi connectivity index (χ1v) is 7.38. The molecule has 0 heterocycles. The largest absolute Gasteiger partial charge is 0.497 e. The molecule has 22 heavy (non-hydrogen) atoms. The van der Waals surface area contributed by atoms with E-state index in [1.54, 1.807) is 7.11 Å². The Kier molecular flexibility index (Phi) is 5.98. The van der Waals surface area contributed by atoms with Gasteiger partial charge in [-0.3, -0.25) is 4.79 Å². The Labute approximate surface area is 131 Å². The number of methoxy groups -OCH3 is 1. The summed E-state index contributed by atoms with van der Waals surface area (Å²) in [5.74, 6) is 0.828. The molecule has 0 atom stereocenters. The zero-order valence-electron chi connectivity index (χ0n) is 13.1. The zero-order valence-corrected chi connectivity index (χ0v) is 13.1. The van der Waals surface area contributed by atoms with Crippen molar-refractivity contribution < 1.29 is 9.53 Å². The van der Waals surface area contributed by atoms with Crippen LogP contribution in [-0.2, 0) is 11.2 Å². The molecule has 2 N–H and O–H groups in total. The second kappa shape index (κ2) is 8.20. The standard InChI is InChI=1S/C18H22N2O2/c1-14-6-3-4-9-17(14)20-18(21)13-19-11-10-15-7-5-8-16(12-15)22-2/h3-9,12,19H,10-11,13H2,1-2H3,(H,20,21). The van der Waals surface area contributed by atoms with Gasteiger partial charge in [0.25, 0.3) is 0 Å². The van der Waals surface area contributed by atoms with Crippen LogP contribution in [0.2, 0.25) is 0 Å². The molecule has 0 aliphatic heterocycles. The third-order valence-corrected chi connectivity index (χ3v) is 3.43. The minimum absolute atomic E-state index is 0.0278. The van der Waals surface area contributed by atoms with Gasteiger partial charge in [-0.1, -0.05) is 30.3 Å².